The maximum atomic E-state index is 12.3. The number of amides is 2. The lowest BCUT2D eigenvalue weighted by Crippen LogP contribution is -2.34. The number of para-hydroxylation sites is 2. The summed E-state index contributed by atoms with van der Waals surface area (Å²) in [6, 6.07) is 15.3. The lowest BCUT2D eigenvalue weighted by Gasteiger charge is -2.06. The Morgan fingerprint density at radius 2 is 1.12 bits per heavy atom. The maximum Gasteiger partial charge on any atom is 0.253 e. The first-order chi connectivity index (χ1) is 12.7. The predicted molar refractivity (Wildman–Crippen MR) is 101 cm³/mol. The summed E-state index contributed by atoms with van der Waals surface area (Å²) in [7, 11) is 0. The molecule has 0 saturated heterocycles. The first-order valence-electron chi connectivity index (χ1n) is 8.42. The number of carbonyl (C=O) groups excluding carboxylic acids is 2. The molecule has 130 valence electrons. The Balaban J connectivity index is 1.33. The van der Waals surface area contributed by atoms with Gasteiger partial charge in [0.15, 0.2) is 0 Å². The van der Waals surface area contributed by atoms with Gasteiger partial charge in [-0.1, -0.05) is 36.4 Å². The summed E-state index contributed by atoms with van der Waals surface area (Å²) in [5, 5.41) is 7.43. The van der Waals surface area contributed by atoms with Gasteiger partial charge in [0.05, 0.1) is 11.1 Å². The zero-order valence-electron chi connectivity index (χ0n) is 14.0. The highest BCUT2D eigenvalue weighted by molar-refractivity contribution is 6.07. The van der Waals surface area contributed by atoms with Crippen molar-refractivity contribution >= 4 is 33.6 Å². The summed E-state index contributed by atoms with van der Waals surface area (Å²) < 4.78 is 0. The standard InChI is InChI=1S/C20H18N4O2/c25-19(15-11-23-17-7-3-1-5-13(15)17)21-9-10-22-20(26)16-12-24-18-8-4-2-6-14(16)18/h1-8,11-12,23-24H,9-10H2,(H,21,25)(H,22,26). The van der Waals surface area contributed by atoms with Crippen LogP contribution in [0.1, 0.15) is 20.7 Å². The van der Waals surface area contributed by atoms with Crippen LogP contribution in [0.25, 0.3) is 21.8 Å². The third-order valence-electron chi connectivity index (χ3n) is 4.36. The Morgan fingerprint density at radius 3 is 1.58 bits per heavy atom. The molecule has 0 spiro atoms. The van der Waals surface area contributed by atoms with E-state index in [0.29, 0.717) is 24.2 Å². The highest BCUT2D eigenvalue weighted by atomic mass is 16.2. The molecular formula is C20H18N4O2. The molecule has 4 N–H and O–H groups in total. The molecule has 4 aromatic rings. The first kappa shape index (κ1) is 16.0. The summed E-state index contributed by atoms with van der Waals surface area (Å²) in [5.74, 6) is -0.326. The third-order valence-corrected chi connectivity index (χ3v) is 4.36. The molecule has 0 aliphatic heterocycles. The topological polar surface area (TPSA) is 89.8 Å². The minimum atomic E-state index is -0.163. The average molecular weight is 346 g/mol. The van der Waals surface area contributed by atoms with Crippen LogP contribution in [0.3, 0.4) is 0 Å². The molecule has 2 heterocycles. The number of nitrogens with one attached hydrogen (secondary N) is 4. The van der Waals surface area contributed by atoms with Crippen molar-refractivity contribution in [2.75, 3.05) is 13.1 Å². The van der Waals surface area contributed by atoms with E-state index in [4.69, 9.17) is 0 Å². The Bertz CT molecular complexity index is 1010. The smallest absolute Gasteiger partial charge is 0.253 e. The van der Waals surface area contributed by atoms with Gasteiger partial charge in [0.2, 0.25) is 0 Å². The zero-order valence-corrected chi connectivity index (χ0v) is 14.0. The van der Waals surface area contributed by atoms with Crippen molar-refractivity contribution in [3.05, 3.63) is 72.1 Å². The van der Waals surface area contributed by atoms with Crippen LogP contribution in [-0.4, -0.2) is 34.9 Å². The molecule has 0 bridgehead atoms. The Morgan fingerprint density at radius 1 is 0.692 bits per heavy atom. The van der Waals surface area contributed by atoms with E-state index in [0.717, 1.165) is 21.8 Å². The molecule has 0 atom stereocenters. The van der Waals surface area contributed by atoms with E-state index in [-0.39, 0.29) is 11.8 Å². The van der Waals surface area contributed by atoms with Crippen LogP contribution in [0.5, 0.6) is 0 Å². The highest BCUT2D eigenvalue weighted by Gasteiger charge is 2.13. The number of hydrogen-bond donors (Lipinski definition) is 4. The van der Waals surface area contributed by atoms with Crippen molar-refractivity contribution in [1.82, 2.24) is 20.6 Å². The van der Waals surface area contributed by atoms with Gasteiger partial charge in [0.25, 0.3) is 11.8 Å². The van der Waals surface area contributed by atoms with Gasteiger partial charge in [0.1, 0.15) is 0 Å². The van der Waals surface area contributed by atoms with Gasteiger partial charge in [-0.25, -0.2) is 0 Å². The number of benzene rings is 2. The van der Waals surface area contributed by atoms with Crippen molar-refractivity contribution < 1.29 is 9.59 Å². The minimum absolute atomic E-state index is 0.163. The number of fused-ring (bicyclic) bond motifs is 2. The number of aromatic amines is 2. The molecular weight excluding hydrogens is 328 g/mol. The molecule has 0 aliphatic carbocycles. The van der Waals surface area contributed by atoms with Crippen LogP contribution >= 0.6 is 0 Å². The summed E-state index contributed by atoms with van der Waals surface area (Å²) in [4.78, 5) is 30.8. The van der Waals surface area contributed by atoms with E-state index in [9.17, 15) is 9.59 Å². The third kappa shape index (κ3) is 2.93. The zero-order chi connectivity index (χ0) is 17.9. The lowest BCUT2D eigenvalue weighted by atomic mass is 10.1. The van der Waals surface area contributed by atoms with E-state index >= 15 is 0 Å². The fourth-order valence-corrected chi connectivity index (χ4v) is 3.06. The van der Waals surface area contributed by atoms with Crippen LogP contribution in [-0.2, 0) is 0 Å². The predicted octanol–water partition coefficient (Wildman–Crippen LogP) is 2.81. The van der Waals surface area contributed by atoms with Crippen molar-refractivity contribution in [3.8, 4) is 0 Å². The summed E-state index contributed by atoms with van der Waals surface area (Å²) >= 11 is 0. The monoisotopic (exact) mass is 346 g/mol. The van der Waals surface area contributed by atoms with Gasteiger partial charge in [-0.2, -0.15) is 0 Å². The lowest BCUT2D eigenvalue weighted by molar-refractivity contribution is 0.0929. The molecule has 0 saturated carbocycles. The van der Waals surface area contributed by atoms with E-state index in [1.807, 2.05) is 48.5 Å². The molecule has 2 amide bonds. The van der Waals surface area contributed by atoms with Crippen molar-refractivity contribution in [3.63, 3.8) is 0 Å². The Kier molecular flexibility index (Phi) is 4.15. The molecule has 0 aliphatic rings. The number of aromatic nitrogens is 2. The number of hydrogen-bond acceptors (Lipinski definition) is 2. The fourth-order valence-electron chi connectivity index (χ4n) is 3.06. The first-order valence-corrected chi connectivity index (χ1v) is 8.42. The molecule has 6 nitrogen and oxygen atoms in total. The summed E-state index contributed by atoms with van der Waals surface area (Å²) in [6.45, 7) is 0.707. The van der Waals surface area contributed by atoms with E-state index in [1.54, 1.807) is 12.4 Å². The second-order valence-electron chi connectivity index (χ2n) is 6.01. The summed E-state index contributed by atoms with van der Waals surface area (Å²) in [6.07, 6.45) is 3.40. The largest absolute Gasteiger partial charge is 0.360 e. The normalized spacial score (nSPS) is 10.9. The van der Waals surface area contributed by atoms with E-state index in [1.165, 1.54) is 0 Å². The molecule has 0 fully saturated rings. The van der Waals surface area contributed by atoms with Crippen LogP contribution in [0.4, 0.5) is 0 Å². The van der Waals surface area contributed by atoms with Gasteiger partial charge in [-0.05, 0) is 12.1 Å². The number of rotatable bonds is 5. The van der Waals surface area contributed by atoms with Gasteiger partial charge < -0.3 is 20.6 Å². The molecule has 2 aromatic heterocycles. The molecule has 0 radical (unpaired) electrons. The molecule has 26 heavy (non-hydrogen) atoms. The second-order valence-corrected chi connectivity index (χ2v) is 6.01. The minimum Gasteiger partial charge on any atom is -0.360 e. The van der Waals surface area contributed by atoms with Gasteiger partial charge in [0, 0.05) is 47.3 Å². The average Bonchev–Trinajstić information content (AvgIpc) is 3.29. The van der Waals surface area contributed by atoms with Crippen molar-refractivity contribution in [1.29, 1.82) is 0 Å². The molecule has 2 aromatic carbocycles. The molecule has 4 rings (SSSR count). The van der Waals surface area contributed by atoms with Gasteiger partial charge in [-0.3, -0.25) is 9.59 Å². The second kappa shape index (κ2) is 6.76. The SMILES string of the molecule is O=C(NCCNC(=O)c1c[nH]c2ccccc12)c1c[nH]c2ccccc12. The summed E-state index contributed by atoms with van der Waals surface area (Å²) in [5.41, 5.74) is 3.04. The van der Waals surface area contributed by atoms with E-state index in [2.05, 4.69) is 20.6 Å². The van der Waals surface area contributed by atoms with Gasteiger partial charge >= 0.3 is 0 Å². The quantitative estimate of drug-likeness (QED) is 0.419. The fraction of sp³-hybridized carbons (Fsp3) is 0.100. The van der Waals surface area contributed by atoms with Crippen LogP contribution in [0, 0.1) is 0 Å². The van der Waals surface area contributed by atoms with Crippen molar-refractivity contribution in [2.45, 2.75) is 0 Å². The Hall–Kier alpha value is -3.54. The Labute approximate surface area is 149 Å². The van der Waals surface area contributed by atoms with Gasteiger partial charge in [-0.15, -0.1) is 0 Å². The van der Waals surface area contributed by atoms with E-state index < -0.39 is 0 Å². The maximum absolute atomic E-state index is 12.3. The number of H-pyrrole nitrogens is 2. The molecule has 0 unspecified atom stereocenters. The van der Waals surface area contributed by atoms with Crippen LogP contribution in [0.2, 0.25) is 0 Å². The van der Waals surface area contributed by atoms with Crippen molar-refractivity contribution in [2.24, 2.45) is 0 Å². The van der Waals surface area contributed by atoms with Crippen LogP contribution < -0.4 is 10.6 Å². The highest BCUT2D eigenvalue weighted by Crippen LogP contribution is 2.18. The number of carbonyl (C=O) groups is 2. The molecule has 6 heteroatoms. The van der Waals surface area contributed by atoms with Crippen LogP contribution in [0.15, 0.2) is 60.9 Å².